The minimum atomic E-state index is -0.370. The second-order valence-electron chi connectivity index (χ2n) is 5.70. The van der Waals surface area contributed by atoms with E-state index in [0.717, 1.165) is 30.5 Å². The molecule has 2 rings (SSSR count). The summed E-state index contributed by atoms with van der Waals surface area (Å²) in [5.74, 6) is 0.274. The summed E-state index contributed by atoms with van der Waals surface area (Å²) < 4.78 is 0. The number of benzene rings is 1. The fourth-order valence-electron chi connectivity index (χ4n) is 2.49. The number of anilines is 1. The van der Waals surface area contributed by atoms with Crippen molar-refractivity contribution in [2.24, 2.45) is 5.41 Å². The lowest BCUT2D eigenvalue weighted by Gasteiger charge is -2.32. The Labute approximate surface area is 126 Å². The van der Waals surface area contributed by atoms with Crippen LogP contribution in [0.3, 0.4) is 0 Å². The van der Waals surface area contributed by atoms with Crippen molar-refractivity contribution < 1.29 is 9.90 Å². The summed E-state index contributed by atoms with van der Waals surface area (Å²) >= 11 is 0. The molecule has 0 aromatic heterocycles. The van der Waals surface area contributed by atoms with Crippen LogP contribution in [0.1, 0.15) is 30.9 Å². The Morgan fingerprint density at radius 2 is 2.10 bits per heavy atom. The van der Waals surface area contributed by atoms with E-state index in [1.165, 1.54) is 0 Å². The van der Waals surface area contributed by atoms with E-state index in [1.54, 1.807) is 0 Å². The van der Waals surface area contributed by atoms with Gasteiger partial charge in [-0.3, -0.25) is 4.79 Å². The molecule has 1 amide bonds. The molecule has 1 fully saturated rings. The van der Waals surface area contributed by atoms with Gasteiger partial charge in [-0.1, -0.05) is 6.07 Å². The molecule has 3 N–H and O–H groups in total. The van der Waals surface area contributed by atoms with Gasteiger partial charge in [-0.2, -0.15) is 0 Å². The molecule has 1 aromatic carbocycles. The van der Waals surface area contributed by atoms with Crippen LogP contribution in [0.25, 0.3) is 0 Å². The van der Waals surface area contributed by atoms with Crippen LogP contribution in [0.15, 0.2) is 12.1 Å². The molecule has 20 heavy (non-hydrogen) atoms. The summed E-state index contributed by atoms with van der Waals surface area (Å²) in [6, 6.07) is 3.67. The van der Waals surface area contributed by atoms with Gasteiger partial charge in [0.2, 0.25) is 5.91 Å². The van der Waals surface area contributed by atoms with Crippen molar-refractivity contribution in [1.82, 2.24) is 5.32 Å². The molecule has 1 aliphatic heterocycles. The van der Waals surface area contributed by atoms with Gasteiger partial charge in [-0.05, 0) is 51.8 Å². The molecule has 0 spiro atoms. The molecular weight excluding hydrogens is 276 g/mol. The first-order valence-corrected chi connectivity index (χ1v) is 6.75. The number of aryl methyl sites for hydroxylation is 1. The van der Waals surface area contributed by atoms with Gasteiger partial charge < -0.3 is 15.7 Å². The Balaban J connectivity index is 0.00000200. The zero-order chi connectivity index (χ0) is 14.0. The fourth-order valence-corrected chi connectivity index (χ4v) is 2.49. The van der Waals surface area contributed by atoms with Gasteiger partial charge in [0.15, 0.2) is 0 Å². The predicted molar refractivity (Wildman–Crippen MR) is 83.7 cm³/mol. The number of amides is 1. The molecule has 1 aliphatic rings. The van der Waals surface area contributed by atoms with E-state index >= 15 is 0 Å². The van der Waals surface area contributed by atoms with Gasteiger partial charge in [-0.15, -0.1) is 12.4 Å². The number of carbonyl (C=O) groups excluding carboxylic acids is 1. The first-order valence-electron chi connectivity index (χ1n) is 6.75. The highest BCUT2D eigenvalue weighted by molar-refractivity contribution is 5.96. The average molecular weight is 299 g/mol. The zero-order valence-corrected chi connectivity index (χ0v) is 13.1. The Kier molecular flexibility index (Phi) is 5.42. The fraction of sp³-hybridized carbons (Fsp3) is 0.533. The van der Waals surface area contributed by atoms with Crippen molar-refractivity contribution in [2.45, 2.75) is 33.6 Å². The number of halogens is 1. The largest absolute Gasteiger partial charge is 0.507 e. The number of carbonyl (C=O) groups is 1. The predicted octanol–water partition coefficient (Wildman–Crippen LogP) is 2.76. The zero-order valence-electron chi connectivity index (χ0n) is 12.2. The second kappa shape index (κ2) is 6.46. The molecule has 1 saturated heterocycles. The molecule has 1 heterocycles. The maximum absolute atomic E-state index is 12.4. The maximum atomic E-state index is 12.4. The van der Waals surface area contributed by atoms with E-state index in [9.17, 15) is 9.90 Å². The lowest BCUT2D eigenvalue weighted by molar-refractivity contribution is -0.125. The number of piperidine rings is 1. The Bertz CT molecular complexity index is 497. The van der Waals surface area contributed by atoms with E-state index in [2.05, 4.69) is 10.6 Å². The van der Waals surface area contributed by atoms with Crippen LogP contribution in [-0.2, 0) is 4.79 Å². The quantitative estimate of drug-likeness (QED) is 0.787. The number of nitrogens with one attached hydrogen (secondary N) is 2. The van der Waals surface area contributed by atoms with Gasteiger partial charge in [0.25, 0.3) is 0 Å². The monoisotopic (exact) mass is 298 g/mol. The molecule has 1 aromatic rings. The smallest absolute Gasteiger partial charge is 0.231 e. The Hall–Kier alpha value is -1.26. The van der Waals surface area contributed by atoms with Gasteiger partial charge in [0.05, 0.1) is 5.41 Å². The minimum Gasteiger partial charge on any atom is -0.507 e. The summed E-state index contributed by atoms with van der Waals surface area (Å²) in [4.78, 5) is 12.4. The van der Waals surface area contributed by atoms with Crippen LogP contribution in [-0.4, -0.2) is 24.1 Å². The van der Waals surface area contributed by atoms with E-state index in [-0.39, 0.29) is 29.5 Å². The van der Waals surface area contributed by atoms with Crippen LogP contribution in [0, 0.1) is 19.3 Å². The topological polar surface area (TPSA) is 61.4 Å². The molecule has 112 valence electrons. The third-order valence-electron chi connectivity index (χ3n) is 4.03. The van der Waals surface area contributed by atoms with Crippen LogP contribution in [0.4, 0.5) is 5.69 Å². The van der Waals surface area contributed by atoms with Crippen LogP contribution < -0.4 is 10.6 Å². The maximum Gasteiger partial charge on any atom is 0.231 e. The summed E-state index contributed by atoms with van der Waals surface area (Å²) in [6.07, 6.45) is 1.91. The van der Waals surface area contributed by atoms with Crippen molar-refractivity contribution in [3.63, 3.8) is 0 Å². The standard InChI is InChI=1S/C15H22N2O2.ClH/c1-10-5-6-12(11(2)13(10)18)17-14(19)15(3)7-4-8-16-9-15;/h5-6,16,18H,4,7-9H2,1-3H3,(H,17,19);1H. The summed E-state index contributed by atoms with van der Waals surface area (Å²) in [7, 11) is 0. The van der Waals surface area contributed by atoms with Gasteiger partial charge in [-0.25, -0.2) is 0 Å². The first-order chi connectivity index (χ1) is 8.94. The van der Waals surface area contributed by atoms with Crippen molar-refractivity contribution in [1.29, 1.82) is 0 Å². The number of phenols is 1. The lowest BCUT2D eigenvalue weighted by atomic mass is 9.82. The summed E-state index contributed by atoms with van der Waals surface area (Å²) in [5.41, 5.74) is 1.87. The second-order valence-corrected chi connectivity index (χ2v) is 5.70. The van der Waals surface area contributed by atoms with Crippen molar-refractivity contribution in [3.05, 3.63) is 23.3 Å². The van der Waals surface area contributed by atoms with E-state index in [4.69, 9.17) is 0 Å². The Morgan fingerprint density at radius 3 is 2.70 bits per heavy atom. The molecule has 5 heteroatoms. The first kappa shape index (κ1) is 16.8. The lowest BCUT2D eigenvalue weighted by Crippen LogP contribution is -2.46. The van der Waals surface area contributed by atoms with Gasteiger partial charge in [0, 0.05) is 17.8 Å². The third-order valence-corrected chi connectivity index (χ3v) is 4.03. The molecule has 0 saturated carbocycles. The molecule has 0 bridgehead atoms. The highest BCUT2D eigenvalue weighted by Gasteiger charge is 2.34. The Morgan fingerprint density at radius 1 is 1.40 bits per heavy atom. The van der Waals surface area contributed by atoms with Gasteiger partial charge >= 0.3 is 0 Å². The number of rotatable bonds is 2. The molecule has 0 aliphatic carbocycles. The minimum absolute atomic E-state index is 0. The average Bonchev–Trinajstić information content (AvgIpc) is 2.40. The number of hydrogen-bond acceptors (Lipinski definition) is 3. The number of hydrogen-bond donors (Lipinski definition) is 3. The van der Waals surface area contributed by atoms with Crippen LogP contribution >= 0.6 is 12.4 Å². The molecule has 1 atom stereocenters. The SMILES string of the molecule is Cc1ccc(NC(=O)C2(C)CCCNC2)c(C)c1O.Cl. The number of aromatic hydroxyl groups is 1. The van der Waals surface area contributed by atoms with Crippen molar-refractivity contribution in [3.8, 4) is 5.75 Å². The van der Waals surface area contributed by atoms with E-state index in [1.807, 2.05) is 32.9 Å². The van der Waals surface area contributed by atoms with Crippen LogP contribution in [0.2, 0.25) is 0 Å². The van der Waals surface area contributed by atoms with E-state index < -0.39 is 0 Å². The van der Waals surface area contributed by atoms with Crippen LogP contribution in [0.5, 0.6) is 5.75 Å². The van der Waals surface area contributed by atoms with Gasteiger partial charge in [0.1, 0.15) is 5.75 Å². The molecule has 0 radical (unpaired) electrons. The summed E-state index contributed by atoms with van der Waals surface area (Å²) in [6.45, 7) is 7.33. The molecule has 1 unspecified atom stereocenters. The molecule has 4 nitrogen and oxygen atoms in total. The molecular formula is C15H23ClN2O2. The number of phenolic OH excluding ortho intramolecular Hbond substituents is 1. The normalized spacial score (nSPS) is 21.9. The van der Waals surface area contributed by atoms with Crippen molar-refractivity contribution in [2.75, 3.05) is 18.4 Å². The van der Waals surface area contributed by atoms with E-state index in [0.29, 0.717) is 12.2 Å². The summed E-state index contributed by atoms with van der Waals surface area (Å²) in [5, 5.41) is 16.1. The highest BCUT2D eigenvalue weighted by Crippen LogP contribution is 2.31. The third kappa shape index (κ3) is 3.25. The highest BCUT2D eigenvalue weighted by atomic mass is 35.5. The van der Waals surface area contributed by atoms with Crippen molar-refractivity contribution >= 4 is 24.0 Å².